The number of carbonyl (C=O) groups is 1. The van der Waals surface area contributed by atoms with Gasteiger partial charge < -0.3 is 10.5 Å². The number of primary amides is 1. The van der Waals surface area contributed by atoms with Crippen molar-refractivity contribution in [2.75, 3.05) is 12.9 Å². The van der Waals surface area contributed by atoms with Gasteiger partial charge in [0.25, 0.3) is 0 Å². The molecule has 0 aliphatic carbocycles. The van der Waals surface area contributed by atoms with Crippen LogP contribution in [-0.2, 0) is 21.3 Å². The largest absolute Gasteiger partial charge is 0.496 e. The first-order valence-corrected chi connectivity index (χ1v) is 7.94. The Kier molecular flexibility index (Phi) is 5.11. The Hall–Kier alpha value is -2.14. The second kappa shape index (κ2) is 7.04. The summed E-state index contributed by atoms with van der Waals surface area (Å²) in [6, 6.07) is 15.4. The molecule has 0 bridgehead atoms. The summed E-state index contributed by atoms with van der Waals surface area (Å²) in [6.07, 6.45) is 0. The minimum Gasteiger partial charge on any atom is -0.496 e. The fraction of sp³-hybridized carbons (Fsp3) is 0.188. The normalized spacial score (nSPS) is 11.9. The molecule has 4 nitrogen and oxygen atoms in total. The number of hydrogen-bond donors (Lipinski definition) is 1. The molecule has 0 unspecified atom stereocenters. The third kappa shape index (κ3) is 4.16. The molecule has 2 rings (SSSR count). The van der Waals surface area contributed by atoms with E-state index in [1.54, 1.807) is 7.11 Å². The monoisotopic (exact) mass is 303 g/mol. The van der Waals surface area contributed by atoms with Crippen molar-refractivity contribution in [3.05, 3.63) is 54.1 Å². The second-order valence-electron chi connectivity index (χ2n) is 4.60. The van der Waals surface area contributed by atoms with E-state index in [0.29, 0.717) is 5.75 Å². The lowest BCUT2D eigenvalue weighted by Gasteiger charge is -2.09. The van der Waals surface area contributed by atoms with Crippen LogP contribution in [0, 0.1) is 0 Å². The molecule has 0 saturated carbocycles. The van der Waals surface area contributed by atoms with E-state index in [9.17, 15) is 9.00 Å². The Morgan fingerprint density at radius 2 is 1.95 bits per heavy atom. The van der Waals surface area contributed by atoms with Crippen molar-refractivity contribution in [1.29, 1.82) is 0 Å². The Bertz CT molecular complexity index is 670. The van der Waals surface area contributed by atoms with Gasteiger partial charge in [0.2, 0.25) is 5.91 Å². The molecule has 0 heterocycles. The van der Waals surface area contributed by atoms with Gasteiger partial charge in [-0.05, 0) is 17.2 Å². The molecule has 0 aromatic heterocycles. The fourth-order valence-corrected chi connectivity index (χ4v) is 3.08. The zero-order valence-corrected chi connectivity index (χ0v) is 12.6. The zero-order valence-electron chi connectivity index (χ0n) is 11.7. The standard InChI is InChI=1S/C16H17NO3S/c1-20-15-8-3-2-7-14(15)13-6-4-5-12(9-13)10-21(19)11-16(17)18/h2-9H,10-11H2,1H3,(H2,17,18)/t21-/m1/s1. The van der Waals surface area contributed by atoms with Gasteiger partial charge in [0.05, 0.1) is 7.11 Å². The van der Waals surface area contributed by atoms with E-state index in [1.807, 2.05) is 48.5 Å². The van der Waals surface area contributed by atoms with Crippen LogP contribution in [-0.4, -0.2) is 23.0 Å². The molecule has 2 N–H and O–H groups in total. The molecule has 0 saturated heterocycles. The number of ether oxygens (including phenoxy) is 1. The number of amides is 1. The predicted molar refractivity (Wildman–Crippen MR) is 84.3 cm³/mol. The second-order valence-corrected chi connectivity index (χ2v) is 6.05. The molecular weight excluding hydrogens is 286 g/mol. The van der Waals surface area contributed by atoms with Crippen LogP contribution in [0.25, 0.3) is 11.1 Å². The number of rotatable bonds is 6. The predicted octanol–water partition coefficient (Wildman–Crippen LogP) is 2.10. The Morgan fingerprint density at radius 3 is 2.67 bits per heavy atom. The SMILES string of the molecule is COc1ccccc1-c1cccc(C[S@@](=O)CC(N)=O)c1. The van der Waals surface area contributed by atoms with Crippen molar-refractivity contribution in [2.24, 2.45) is 5.73 Å². The van der Waals surface area contributed by atoms with Crippen molar-refractivity contribution in [2.45, 2.75) is 5.75 Å². The van der Waals surface area contributed by atoms with Gasteiger partial charge in [-0.25, -0.2) is 0 Å². The van der Waals surface area contributed by atoms with Crippen molar-refractivity contribution in [1.82, 2.24) is 0 Å². The van der Waals surface area contributed by atoms with Crippen molar-refractivity contribution in [3.8, 4) is 16.9 Å². The number of para-hydroxylation sites is 1. The van der Waals surface area contributed by atoms with Crippen molar-refractivity contribution in [3.63, 3.8) is 0 Å². The van der Waals surface area contributed by atoms with Crippen LogP contribution in [0.2, 0.25) is 0 Å². The van der Waals surface area contributed by atoms with Gasteiger partial charge in [-0.15, -0.1) is 0 Å². The third-order valence-corrected chi connectivity index (χ3v) is 4.24. The summed E-state index contributed by atoms with van der Waals surface area (Å²) >= 11 is 0. The van der Waals surface area contributed by atoms with Crippen LogP contribution < -0.4 is 10.5 Å². The zero-order chi connectivity index (χ0) is 15.2. The summed E-state index contributed by atoms with van der Waals surface area (Å²) in [5.74, 6) is 0.437. The molecular formula is C16H17NO3S. The van der Waals surface area contributed by atoms with Gasteiger partial charge in [0, 0.05) is 22.1 Å². The van der Waals surface area contributed by atoms with Gasteiger partial charge in [-0.1, -0.05) is 42.5 Å². The van der Waals surface area contributed by atoms with E-state index >= 15 is 0 Å². The minimum absolute atomic E-state index is 0.112. The van der Waals surface area contributed by atoms with Gasteiger partial charge >= 0.3 is 0 Å². The van der Waals surface area contributed by atoms with E-state index in [0.717, 1.165) is 22.4 Å². The lowest BCUT2D eigenvalue weighted by atomic mass is 10.0. The topological polar surface area (TPSA) is 69.4 Å². The summed E-state index contributed by atoms with van der Waals surface area (Å²) in [7, 11) is 0.351. The molecule has 0 spiro atoms. The highest BCUT2D eigenvalue weighted by Gasteiger charge is 2.08. The molecule has 5 heteroatoms. The number of nitrogens with two attached hydrogens (primary N) is 1. The van der Waals surface area contributed by atoms with Crippen LogP contribution in [0.15, 0.2) is 48.5 Å². The molecule has 0 radical (unpaired) electrons. The summed E-state index contributed by atoms with van der Waals surface area (Å²) in [5, 5.41) is 0. The van der Waals surface area contributed by atoms with Crippen LogP contribution >= 0.6 is 0 Å². The number of benzene rings is 2. The van der Waals surface area contributed by atoms with Gasteiger partial charge in [0.1, 0.15) is 11.5 Å². The van der Waals surface area contributed by atoms with Crippen LogP contribution in [0.1, 0.15) is 5.56 Å². The first kappa shape index (κ1) is 15.3. The Morgan fingerprint density at radius 1 is 1.19 bits per heavy atom. The summed E-state index contributed by atoms with van der Waals surface area (Å²) in [5.41, 5.74) is 7.92. The highest BCUT2D eigenvalue weighted by atomic mass is 32.2. The maximum atomic E-state index is 11.8. The molecule has 1 atom stereocenters. The molecule has 0 aliphatic rings. The first-order chi connectivity index (χ1) is 10.1. The average molecular weight is 303 g/mol. The van der Waals surface area contributed by atoms with E-state index in [-0.39, 0.29) is 5.75 Å². The highest BCUT2D eigenvalue weighted by molar-refractivity contribution is 7.84. The Labute approximate surface area is 126 Å². The first-order valence-electron chi connectivity index (χ1n) is 6.46. The number of hydrogen-bond acceptors (Lipinski definition) is 3. The molecule has 2 aromatic carbocycles. The lowest BCUT2D eigenvalue weighted by molar-refractivity contribution is -0.115. The number of carbonyl (C=O) groups excluding carboxylic acids is 1. The molecule has 0 fully saturated rings. The summed E-state index contributed by atoms with van der Waals surface area (Å²) < 4.78 is 17.1. The van der Waals surface area contributed by atoms with Crippen LogP contribution in [0.5, 0.6) is 5.75 Å². The van der Waals surface area contributed by atoms with E-state index in [1.165, 1.54) is 0 Å². The fourth-order valence-electron chi connectivity index (χ4n) is 2.11. The van der Waals surface area contributed by atoms with Gasteiger partial charge in [-0.2, -0.15) is 0 Å². The Balaban J connectivity index is 2.25. The summed E-state index contributed by atoms with van der Waals surface area (Å²) in [6.45, 7) is 0. The molecule has 2 aromatic rings. The highest BCUT2D eigenvalue weighted by Crippen LogP contribution is 2.30. The minimum atomic E-state index is -1.28. The maximum absolute atomic E-state index is 11.8. The number of methoxy groups -OCH3 is 1. The van der Waals surface area contributed by atoms with E-state index in [4.69, 9.17) is 10.5 Å². The van der Waals surface area contributed by atoms with Crippen LogP contribution in [0.4, 0.5) is 0 Å². The third-order valence-electron chi connectivity index (χ3n) is 2.98. The van der Waals surface area contributed by atoms with Gasteiger partial charge in [0.15, 0.2) is 0 Å². The molecule has 110 valence electrons. The van der Waals surface area contributed by atoms with Crippen molar-refractivity contribution < 1.29 is 13.7 Å². The quantitative estimate of drug-likeness (QED) is 0.888. The maximum Gasteiger partial charge on any atom is 0.230 e. The average Bonchev–Trinajstić information content (AvgIpc) is 2.46. The smallest absolute Gasteiger partial charge is 0.230 e. The molecule has 1 amide bonds. The molecule has 0 aliphatic heterocycles. The van der Waals surface area contributed by atoms with E-state index < -0.39 is 16.7 Å². The summed E-state index contributed by atoms with van der Waals surface area (Å²) in [4.78, 5) is 10.8. The van der Waals surface area contributed by atoms with Crippen LogP contribution in [0.3, 0.4) is 0 Å². The molecule has 21 heavy (non-hydrogen) atoms. The lowest BCUT2D eigenvalue weighted by Crippen LogP contribution is -2.20. The van der Waals surface area contributed by atoms with Gasteiger partial charge in [-0.3, -0.25) is 9.00 Å². The van der Waals surface area contributed by atoms with E-state index in [2.05, 4.69) is 0 Å². The van der Waals surface area contributed by atoms with Crippen molar-refractivity contribution >= 4 is 16.7 Å².